The maximum Gasteiger partial charge on any atom is 0.282 e. The molecule has 1 saturated heterocycles. The van der Waals surface area contributed by atoms with Crippen molar-refractivity contribution in [3.63, 3.8) is 0 Å². The number of rotatable bonds is 3. The number of nitrogens with zero attached hydrogens (tertiary/aromatic N) is 2. The van der Waals surface area contributed by atoms with Gasteiger partial charge in [0.05, 0.1) is 18.2 Å². The molecule has 0 spiro atoms. The van der Waals surface area contributed by atoms with Crippen molar-refractivity contribution in [1.29, 1.82) is 0 Å². The van der Waals surface area contributed by atoms with Gasteiger partial charge in [0.25, 0.3) is 10.2 Å². The summed E-state index contributed by atoms with van der Waals surface area (Å²) < 4.78 is 35.2. The molecule has 0 aromatic carbocycles. The third-order valence-electron chi connectivity index (χ3n) is 4.44. The van der Waals surface area contributed by atoms with E-state index in [0.29, 0.717) is 19.6 Å². The molecule has 2 aliphatic rings. The Balaban J connectivity index is 1.89. The summed E-state index contributed by atoms with van der Waals surface area (Å²) in [6, 6.07) is 2.05. The smallest absolute Gasteiger partial charge is 0.282 e. The van der Waals surface area contributed by atoms with Crippen molar-refractivity contribution in [2.24, 2.45) is 0 Å². The van der Waals surface area contributed by atoms with E-state index in [2.05, 4.69) is 18.4 Å². The highest BCUT2D eigenvalue weighted by atomic mass is 32.2. The minimum absolute atomic E-state index is 0.0338. The molecule has 7 heteroatoms. The number of hydrogen-bond acceptors (Lipinski definition) is 4. The summed E-state index contributed by atoms with van der Waals surface area (Å²) in [4.78, 5) is 1.34. The van der Waals surface area contributed by atoms with Crippen molar-refractivity contribution in [2.45, 2.75) is 51.9 Å². The highest BCUT2D eigenvalue weighted by molar-refractivity contribution is 7.86. The molecule has 0 aliphatic carbocycles. The number of fused-ring (bicyclic) bond motifs is 1. The van der Waals surface area contributed by atoms with Gasteiger partial charge in [-0.3, -0.25) is 0 Å². The van der Waals surface area contributed by atoms with Gasteiger partial charge in [-0.1, -0.05) is 6.92 Å². The molecule has 0 saturated carbocycles. The fraction of sp³-hybridized carbons (Fsp3) is 0.733. The van der Waals surface area contributed by atoms with Crippen molar-refractivity contribution >= 4 is 21.5 Å². The Morgan fingerprint density at radius 3 is 2.64 bits per heavy atom. The first-order chi connectivity index (χ1) is 10.4. The van der Waals surface area contributed by atoms with Crippen LogP contribution in [0.2, 0.25) is 0 Å². The van der Waals surface area contributed by atoms with E-state index in [9.17, 15) is 8.42 Å². The Morgan fingerprint density at radius 2 is 2.00 bits per heavy atom. The van der Waals surface area contributed by atoms with Crippen molar-refractivity contribution in [2.75, 3.05) is 19.6 Å². The molecular formula is C15H24N2O3S2. The Bertz CT molecular complexity index is 618. The lowest BCUT2D eigenvalue weighted by molar-refractivity contribution is -0.0458. The molecule has 1 aromatic rings. The lowest BCUT2D eigenvalue weighted by Crippen LogP contribution is -2.54. The molecule has 1 fully saturated rings. The zero-order valence-corrected chi connectivity index (χ0v) is 15.0. The predicted molar refractivity (Wildman–Crippen MR) is 88.3 cm³/mol. The largest absolute Gasteiger partial charge is 0.373 e. The fourth-order valence-corrected chi connectivity index (χ4v) is 6.47. The molecule has 0 radical (unpaired) electrons. The van der Waals surface area contributed by atoms with Crippen LogP contribution in [0.3, 0.4) is 0 Å². The molecule has 5 nitrogen and oxygen atoms in total. The number of hydrogen-bond donors (Lipinski definition) is 0. The predicted octanol–water partition coefficient (Wildman–Crippen LogP) is 2.41. The Morgan fingerprint density at radius 1 is 1.32 bits per heavy atom. The van der Waals surface area contributed by atoms with E-state index < -0.39 is 10.2 Å². The van der Waals surface area contributed by atoms with E-state index >= 15 is 0 Å². The SMILES string of the molecule is CC[C@H]1c2ccsc2CCN1S(=O)(=O)N1C[C@@H](C)O[C@@H](C)C1. The van der Waals surface area contributed by atoms with Crippen LogP contribution in [0.1, 0.15) is 43.7 Å². The molecule has 0 bridgehead atoms. The average molecular weight is 345 g/mol. The number of ether oxygens (including phenoxy) is 1. The quantitative estimate of drug-likeness (QED) is 0.846. The average Bonchev–Trinajstić information content (AvgIpc) is 2.93. The van der Waals surface area contributed by atoms with Crippen molar-refractivity contribution < 1.29 is 13.2 Å². The van der Waals surface area contributed by atoms with E-state index in [0.717, 1.165) is 12.8 Å². The Kier molecular flexibility index (Phi) is 4.62. The molecule has 0 N–H and O–H groups in total. The number of thiophene rings is 1. The second-order valence-electron chi connectivity index (χ2n) is 6.17. The van der Waals surface area contributed by atoms with Crippen LogP contribution < -0.4 is 0 Å². The Labute approximate surface area is 137 Å². The minimum Gasteiger partial charge on any atom is -0.373 e. The molecular weight excluding hydrogens is 320 g/mol. The van der Waals surface area contributed by atoms with Crippen LogP contribution in [-0.2, 0) is 21.4 Å². The van der Waals surface area contributed by atoms with Gasteiger partial charge < -0.3 is 4.74 Å². The first-order valence-electron chi connectivity index (χ1n) is 7.92. The summed E-state index contributed by atoms with van der Waals surface area (Å²) in [5.41, 5.74) is 1.19. The van der Waals surface area contributed by atoms with E-state index in [1.54, 1.807) is 19.9 Å². The van der Waals surface area contributed by atoms with Gasteiger partial charge in [0, 0.05) is 24.5 Å². The van der Waals surface area contributed by atoms with E-state index in [1.807, 2.05) is 13.8 Å². The lowest BCUT2D eigenvalue weighted by Gasteiger charge is -2.41. The van der Waals surface area contributed by atoms with Gasteiger partial charge in [0.15, 0.2) is 0 Å². The maximum atomic E-state index is 13.1. The van der Waals surface area contributed by atoms with E-state index in [4.69, 9.17) is 4.74 Å². The van der Waals surface area contributed by atoms with Crippen molar-refractivity contribution in [1.82, 2.24) is 8.61 Å². The zero-order valence-electron chi connectivity index (χ0n) is 13.4. The Hall–Kier alpha value is -0.470. The summed E-state index contributed by atoms with van der Waals surface area (Å²) >= 11 is 1.74. The third-order valence-corrected chi connectivity index (χ3v) is 7.42. The van der Waals surface area contributed by atoms with Crippen LogP contribution in [0.5, 0.6) is 0 Å². The fourth-order valence-electron chi connectivity index (χ4n) is 3.54. The topological polar surface area (TPSA) is 49.9 Å². The molecule has 124 valence electrons. The first kappa shape index (κ1) is 16.4. The van der Waals surface area contributed by atoms with Crippen LogP contribution in [0.25, 0.3) is 0 Å². The second-order valence-corrected chi connectivity index (χ2v) is 9.05. The summed E-state index contributed by atoms with van der Waals surface area (Å²) in [6.07, 6.45) is 1.51. The van der Waals surface area contributed by atoms with E-state index in [-0.39, 0.29) is 18.2 Å². The van der Waals surface area contributed by atoms with Gasteiger partial charge in [0.2, 0.25) is 0 Å². The minimum atomic E-state index is -3.44. The van der Waals surface area contributed by atoms with Gasteiger partial charge in [0.1, 0.15) is 0 Å². The molecule has 0 unspecified atom stereocenters. The summed E-state index contributed by atoms with van der Waals surface area (Å²) in [5.74, 6) is 0. The maximum absolute atomic E-state index is 13.1. The molecule has 0 amide bonds. The highest BCUT2D eigenvalue weighted by Crippen LogP contribution is 2.37. The standard InChI is InChI=1S/C15H24N2O3S2/c1-4-14-13-6-8-21-15(13)5-7-17(14)22(18,19)16-9-11(2)20-12(3)10-16/h6,8,11-12,14H,4-5,7,9-10H2,1-3H3/t11-,12+,14-/m0/s1. The van der Waals surface area contributed by atoms with Crippen LogP contribution in [0.15, 0.2) is 11.4 Å². The molecule has 3 heterocycles. The molecule has 3 atom stereocenters. The summed E-state index contributed by atoms with van der Waals surface area (Å²) in [6.45, 7) is 7.39. The molecule has 22 heavy (non-hydrogen) atoms. The van der Waals surface area contributed by atoms with Gasteiger partial charge in [-0.25, -0.2) is 0 Å². The summed E-state index contributed by atoms with van der Waals surface area (Å²) in [5, 5.41) is 2.07. The zero-order chi connectivity index (χ0) is 15.9. The molecule has 2 aliphatic heterocycles. The van der Waals surface area contributed by atoms with Crippen molar-refractivity contribution in [3.8, 4) is 0 Å². The van der Waals surface area contributed by atoms with Crippen molar-refractivity contribution in [3.05, 3.63) is 21.9 Å². The second kappa shape index (κ2) is 6.20. The first-order valence-corrected chi connectivity index (χ1v) is 10.2. The third kappa shape index (κ3) is 2.85. The van der Waals surface area contributed by atoms with Crippen LogP contribution in [0, 0.1) is 0 Å². The molecule has 1 aromatic heterocycles. The highest BCUT2D eigenvalue weighted by Gasteiger charge is 2.40. The normalized spacial score (nSPS) is 31.1. The van der Waals surface area contributed by atoms with Gasteiger partial charge in [-0.15, -0.1) is 11.3 Å². The van der Waals surface area contributed by atoms with E-state index in [1.165, 1.54) is 10.4 Å². The number of morpholine rings is 1. The van der Waals surface area contributed by atoms with Gasteiger partial charge in [-0.2, -0.15) is 17.0 Å². The van der Waals surface area contributed by atoms with Gasteiger partial charge >= 0.3 is 0 Å². The van der Waals surface area contributed by atoms with Crippen LogP contribution >= 0.6 is 11.3 Å². The summed E-state index contributed by atoms with van der Waals surface area (Å²) in [7, 11) is -3.44. The van der Waals surface area contributed by atoms with Gasteiger partial charge in [-0.05, 0) is 43.7 Å². The molecule has 3 rings (SSSR count). The van der Waals surface area contributed by atoms with Crippen LogP contribution in [-0.4, -0.2) is 48.9 Å². The lowest BCUT2D eigenvalue weighted by atomic mass is 10.0. The van der Waals surface area contributed by atoms with Crippen LogP contribution in [0.4, 0.5) is 0 Å². The monoisotopic (exact) mass is 344 g/mol.